The molecule has 1 fully saturated rings. The fourth-order valence-electron chi connectivity index (χ4n) is 2.38. The molecule has 1 aromatic rings. The van der Waals surface area contributed by atoms with Gasteiger partial charge in [-0.15, -0.1) is 0 Å². The Hall–Kier alpha value is -1.69. The van der Waals surface area contributed by atoms with Crippen molar-refractivity contribution in [2.24, 2.45) is 5.41 Å². The Kier molecular flexibility index (Phi) is 3.71. The van der Waals surface area contributed by atoms with Gasteiger partial charge in [-0.05, 0) is 13.3 Å². The highest BCUT2D eigenvalue weighted by atomic mass is 16.5. The van der Waals surface area contributed by atoms with Gasteiger partial charge in [0.2, 0.25) is 0 Å². The Morgan fingerprint density at radius 1 is 1.63 bits per heavy atom. The van der Waals surface area contributed by atoms with Gasteiger partial charge in [-0.2, -0.15) is 0 Å². The lowest BCUT2D eigenvalue weighted by Crippen LogP contribution is -2.58. The number of carbonyl (C=O) groups is 1. The smallest absolute Gasteiger partial charge is 0.341 e. The van der Waals surface area contributed by atoms with Crippen LogP contribution in [0.25, 0.3) is 0 Å². The topological polar surface area (TPSA) is 84.3 Å². The number of aromatic carboxylic acids is 1. The second-order valence-corrected chi connectivity index (χ2v) is 5.29. The Labute approximate surface area is 112 Å². The highest BCUT2D eigenvalue weighted by molar-refractivity contribution is 5.92. The highest BCUT2D eigenvalue weighted by Crippen LogP contribution is 2.44. The van der Waals surface area contributed by atoms with Crippen LogP contribution in [0.5, 0.6) is 0 Å². The SMILES string of the molecule is CCOC1CC(Nc2ncncc2C(=O)O)C1(C)C. The number of ether oxygens (including phenoxy) is 1. The molecular weight excluding hydrogens is 246 g/mol. The average molecular weight is 265 g/mol. The van der Waals surface area contributed by atoms with Gasteiger partial charge < -0.3 is 15.2 Å². The van der Waals surface area contributed by atoms with Crippen LogP contribution in [-0.2, 0) is 4.74 Å². The van der Waals surface area contributed by atoms with E-state index in [1.54, 1.807) is 0 Å². The molecule has 1 saturated carbocycles. The van der Waals surface area contributed by atoms with E-state index in [1.807, 2.05) is 6.92 Å². The van der Waals surface area contributed by atoms with Crippen LogP contribution < -0.4 is 5.32 Å². The van der Waals surface area contributed by atoms with Gasteiger partial charge in [0.1, 0.15) is 17.7 Å². The van der Waals surface area contributed by atoms with Gasteiger partial charge in [0.15, 0.2) is 0 Å². The Bertz CT molecular complexity index is 476. The summed E-state index contributed by atoms with van der Waals surface area (Å²) < 4.78 is 5.65. The first kappa shape index (κ1) is 13.7. The zero-order valence-corrected chi connectivity index (χ0v) is 11.4. The van der Waals surface area contributed by atoms with E-state index in [2.05, 4.69) is 29.1 Å². The number of nitrogens with one attached hydrogen (secondary N) is 1. The van der Waals surface area contributed by atoms with Crippen molar-refractivity contribution >= 4 is 11.8 Å². The first-order valence-electron chi connectivity index (χ1n) is 6.38. The molecule has 6 nitrogen and oxygen atoms in total. The predicted molar refractivity (Wildman–Crippen MR) is 70.2 cm³/mol. The van der Waals surface area contributed by atoms with Gasteiger partial charge in [0.05, 0.1) is 6.10 Å². The van der Waals surface area contributed by atoms with Crippen LogP contribution in [0, 0.1) is 5.41 Å². The van der Waals surface area contributed by atoms with Crippen LogP contribution in [0.3, 0.4) is 0 Å². The molecule has 2 rings (SSSR count). The molecule has 0 spiro atoms. The van der Waals surface area contributed by atoms with E-state index in [-0.39, 0.29) is 23.1 Å². The summed E-state index contributed by atoms with van der Waals surface area (Å²) in [6.45, 7) is 6.88. The third-order valence-corrected chi connectivity index (χ3v) is 3.80. The van der Waals surface area contributed by atoms with E-state index in [1.165, 1.54) is 12.5 Å². The third-order valence-electron chi connectivity index (χ3n) is 3.80. The summed E-state index contributed by atoms with van der Waals surface area (Å²) in [6, 6.07) is 0.150. The number of nitrogens with zero attached hydrogens (tertiary/aromatic N) is 2. The minimum absolute atomic E-state index is 0.0449. The minimum Gasteiger partial charge on any atom is -0.477 e. The molecule has 0 amide bonds. The maximum atomic E-state index is 11.1. The molecular formula is C13H19N3O3. The number of carboxylic acids is 1. The second kappa shape index (κ2) is 5.13. The first-order valence-corrected chi connectivity index (χ1v) is 6.38. The third kappa shape index (κ3) is 2.53. The molecule has 6 heteroatoms. The quantitative estimate of drug-likeness (QED) is 0.844. The summed E-state index contributed by atoms with van der Waals surface area (Å²) >= 11 is 0. The number of hydrogen-bond acceptors (Lipinski definition) is 5. The van der Waals surface area contributed by atoms with Gasteiger partial charge in [-0.25, -0.2) is 14.8 Å². The van der Waals surface area contributed by atoms with Crippen molar-refractivity contribution in [1.29, 1.82) is 0 Å². The van der Waals surface area contributed by atoms with Crippen LogP contribution in [0.15, 0.2) is 12.5 Å². The van der Waals surface area contributed by atoms with Crippen molar-refractivity contribution in [2.75, 3.05) is 11.9 Å². The number of anilines is 1. The Balaban J connectivity index is 2.10. The van der Waals surface area contributed by atoms with Crippen molar-refractivity contribution in [2.45, 2.75) is 39.3 Å². The van der Waals surface area contributed by atoms with Gasteiger partial charge in [-0.3, -0.25) is 0 Å². The number of aromatic nitrogens is 2. The van der Waals surface area contributed by atoms with Crippen LogP contribution in [0.1, 0.15) is 37.6 Å². The Morgan fingerprint density at radius 3 is 2.95 bits per heavy atom. The van der Waals surface area contributed by atoms with E-state index >= 15 is 0 Å². The molecule has 104 valence electrons. The van der Waals surface area contributed by atoms with E-state index in [0.29, 0.717) is 12.4 Å². The second-order valence-electron chi connectivity index (χ2n) is 5.29. The maximum absolute atomic E-state index is 11.1. The molecule has 2 unspecified atom stereocenters. The van der Waals surface area contributed by atoms with Gasteiger partial charge in [0, 0.05) is 24.3 Å². The molecule has 1 aliphatic carbocycles. The zero-order valence-electron chi connectivity index (χ0n) is 11.4. The largest absolute Gasteiger partial charge is 0.477 e. The number of rotatable bonds is 5. The van der Waals surface area contributed by atoms with Crippen molar-refractivity contribution in [1.82, 2.24) is 9.97 Å². The van der Waals surface area contributed by atoms with Crippen molar-refractivity contribution in [3.8, 4) is 0 Å². The van der Waals surface area contributed by atoms with E-state index in [9.17, 15) is 4.79 Å². The van der Waals surface area contributed by atoms with Gasteiger partial charge >= 0.3 is 5.97 Å². The minimum atomic E-state index is -1.03. The van der Waals surface area contributed by atoms with Crippen LogP contribution in [0.4, 0.5) is 5.82 Å². The molecule has 0 saturated heterocycles. The molecule has 0 aliphatic heterocycles. The van der Waals surface area contributed by atoms with Crippen molar-refractivity contribution in [3.63, 3.8) is 0 Å². The van der Waals surface area contributed by atoms with Crippen LogP contribution >= 0.6 is 0 Å². The zero-order chi connectivity index (χ0) is 14.0. The molecule has 0 bridgehead atoms. The lowest BCUT2D eigenvalue weighted by atomic mass is 9.64. The lowest BCUT2D eigenvalue weighted by Gasteiger charge is -2.51. The van der Waals surface area contributed by atoms with Crippen LogP contribution in [0.2, 0.25) is 0 Å². The lowest BCUT2D eigenvalue weighted by molar-refractivity contribution is -0.0976. The monoisotopic (exact) mass is 265 g/mol. The van der Waals surface area contributed by atoms with E-state index < -0.39 is 5.97 Å². The number of carboxylic acid groups (broad SMARTS) is 1. The molecule has 1 aliphatic rings. The number of hydrogen-bond donors (Lipinski definition) is 2. The maximum Gasteiger partial charge on any atom is 0.341 e. The normalized spacial score (nSPS) is 24.6. The fourth-order valence-corrected chi connectivity index (χ4v) is 2.38. The standard InChI is InChI=1S/C13H19N3O3/c1-4-19-10-5-9(13(10,2)3)16-11-8(12(17)18)6-14-7-15-11/h6-7,9-10H,4-5H2,1-3H3,(H,17,18)(H,14,15,16). The van der Waals surface area contributed by atoms with Crippen LogP contribution in [-0.4, -0.2) is 39.8 Å². The summed E-state index contributed by atoms with van der Waals surface area (Å²) in [4.78, 5) is 18.8. The summed E-state index contributed by atoms with van der Waals surface area (Å²) in [7, 11) is 0. The molecule has 1 heterocycles. The molecule has 2 N–H and O–H groups in total. The first-order chi connectivity index (χ1) is 8.96. The van der Waals surface area contributed by atoms with Gasteiger partial charge in [-0.1, -0.05) is 13.8 Å². The average Bonchev–Trinajstić information content (AvgIpc) is 2.38. The highest BCUT2D eigenvalue weighted by Gasteiger charge is 2.49. The molecule has 19 heavy (non-hydrogen) atoms. The van der Waals surface area contributed by atoms with Crippen molar-refractivity contribution < 1.29 is 14.6 Å². The molecule has 2 atom stereocenters. The summed E-state index contributed by atoms with van der Waals surface area (Å²) in [6.07, 6.45) is 3.71. The van der Waals surface area contributed by atoms with Crippen molar-refractivity contribution in [3.05, 3.63) is 18.1 Å². The molecule has 0 aromatic carbocycles. The molecule has 1 aromatic heterocycles. The van der Waals surface area contributed by atoms with E-state index in [4.69, 9.17) is 9.84 Å². The van der Waals surface area contributed by atoms with Gasteiger partial charge in [0.25, 0.3) is 0 Å². The summed E-state index contributed by atoms with van der Waals surface area (Å²) in [5.74, 6) is -0.655. The fraction of sp³-hybridized carbons (Fsp3) is 0.615. The summed E-state index contributed by atoms with van der Waals surface area (Å²) in [5.41, 5.74) is 0.0506. The summed E-state index contributed by atoms with van der Waals surface area (Å²) in [5, 5.41) is 12.3. The molecule has 0 radical (unpaired) electrons. The predicted octanol–water partition coefficient (Wildman–Crippen LogP) is 1.79. The Morgan fingerprint density at radius 2 is 2.37 bits per heavy atom. The van der Waals surface area contributed by atoms with E-state index in [0.717, 1.165) is 6.42 Å².